The van der Waals surface area contributed by atoms with Crippen molar-refractivity contribution in [3.63, 3.8) is 0 Å². The highest BCUT2D eigenvalue weighted by atomic mass is 16.2. The maximum atomic E-state index is 11.3. The van der Waals surface area contributed by atoms with Crippen molar-refractivity contribution in [3.8, 4) is 0 Å². The van der Waals surface area contributed by atoms with Crippen molar-refractivity contribution in [1.29, 1.82) is 0 Å². The van der Waals surface area contributed by atoms with Gasteiger partial charge in [-0.05, 0) is 13.3 Å². The molecular weight excluding hydrogens is 154 g/mol. The average Bonchev–Trinajstić information content (AvgIpc) is 2.45. The Morgan fingerprint density at radius 1 is 1.83 bits per heavy atom. The lowest BCUT2D eigenvalue weighted by atomic mass is 10.2. The van der Waals surface area contributed by atoms with Gasteiger partial charge in [0.15, 0.2) is 0 Å². The fourth-order valence-corrected chi connectivity index (χ4v) is 1.36. The van der Waals surface area contributed by atoms with Crippen LogP contribution in [0.4, 0.5) is 4.79 Å². The van der Waals surface area contributed by atoms with E-state index in [2.05, 4.69) is 19.2 Å². The first kappa shape index (κ1) is 9.32. The monoisotopic (exact) mass is 171 g/mol. The van der Waals surface area contributed by atoms with Crippen molar-refractivity contribution in [2.45, 2.75) is 32.4 Å². The molecule has 0 radical (unpaired) electrons. The van der Waals surface area contributed by atoms with E-state index in [-0.39, 0.29) is 12.1 Å². The van der Waals surface area contributed by atoms with Gasteiger partial charge < -0.3 is 16.0 Å². The van der Waals surface area contributed by atoms with Crippen LogP contribution < -0.4 is 11.1 Å². The van der Waals surface area contributed by atoms with Gasteiger partial charge in [0.05, 0.1) is 6.04 Å². The van der Waals surface area contributed by atoms with E-state index in [9.17, 15) is 4.79 Å². The molecule has 2 amide bonds. The normalized spacial score (nSPS) is 25.8. The minimum absolute atomic E-state index is 0.0276. The molecule has 1 saturated heterocycles. The molecule has 0 aliphatic carbocycles. The van der Waals surface area contributed by atoms with Crippen LogP contribution in [0.25, 0.3) is 0 Å². The fourth-order valence-electron chi connectivity index (χ4n) is 1.36. The van der Waals surface area contributed by atoms with E-state index in [1.54, 1.807) is 0 Å². The van der Waals surface area contributed by atoms with Crippen LogP contribution in [0.15, 0.2) is 0 Å². The summed E-state index contributed by atoms with van der Waals surface area (Å²) in [7, 11) is 0. The second kappa shape index (κ2) is 3.76. The van der Waals surface area contributed by atoms with Crippen LogP contribution in [0.2, 0.25) is 0 Å². The molecule has 0 saturated carbocycles. The van der Waals surface area contributed by atoms with Crippen molar-refractivity contribution in [2.24, 2.45) is 5.73 Å². The molecule has 1 fully saturated rings. The van der Waals surface area contributed by atoms with E-state index >= 15 is 0 Å². The van der Waals surface area contributed by atoms with E-state index in [1.807, 2.05) is 4.90 Å². The highest BCUT2D eigenvalue weighted by Crippen LogP contribution is 2.10. The summed E-state index contributed by atoms with van der Waals surface area (Å²) in [5.41, 5.74) is 5.46. The highest BCUT2D eigenvalue weighted by Gasteiger charge is 2.29. The molecule has 0 aromatic rings. The zero-order chi connectivity index (χ0) is 9.14. The number of carbonyl (C=O) groups is 1. The number of hydrogen-bond donors (Lipinski definition) is 2. The summed E-state index contributed by atoms with van der Waals surface area (Å²) in [5.74, 6) is 0. The Labute approximate surface area is 73.1 Å². The third kappa shape index (κ3) is 1.69. The molecule has 1 aliphatic rings. The molecule has 1 rings (SSSR count). The Morgan fingerprint density at radius 3 is 2.92 bits per heavy atom. The second-order valence-corrected chi connectivity index (χ2v) is 3.29. The minimum atomic E-state index is 0.0276. The van der Waals surface area contributed by atoms with E-state index in [4.69, 9.17) is 5.73 Å². The zero-order valence-electron chi connectivity index (χ0n) is 7.71. The van der Waals surface area contributed by atoms with E-state index in [0.717, 1.165) is 13.0 Å². The van der Waals surface area contributed by atoms with Gasteiger partial charge in [-0.2, -0.15) is 0 Å². The summed E-state index contributed by atoms with van der Waals surface area (Å²) in [4.78, 5) is 13.1. The molecule has 1 aliphatic heterocycles. The van der Waals surface area contributed by atoms with E-state index in [1.165, 1.54) is 0 Å². The first-order chi connectivity index (χ1) is 5.69. The van der Waals surface area contributed by atoms with Crippen LogP contribution in [0, 0.1) is 0 Å². The predicted molar refractivity (Wildman–Crippen MR) is 47.8 cm³/mol. The molecule has 2 unspecified atom stereocenters. The Kier molecular flexibility index (Phi) is 2.92. The van der Waals surface area contributed by atoms with Gasteiger partial charge in [-0.15, -0.1) is 0 Å². The first-order valence-electron chi connectivity index (χ1n) is 4.46. The maximum Gasteiger partial charge on any atom is 0.318 e. The topological polar surface area (TPSA) is 58.4 Å². The van der Waals surface area contributed by atoms with Gasteiger partial charge >= 0.3 is 6.03 Å². The Balaban J connectivity index is 2.51. The van der Waals surface area contributed by atoms with Crippen molar-refractivity contribution < 1.29 is 4.79 Å². The standard InChI is InChI=1S/C8H17N3O/c1-3-6(2)11-5-7(4-9)10-8(11)12/h6-7H,3-5,9H2,1-2H3,(H,10,12). The summed E-state index contributed by atoms with van der Waals surface area (Å²) in [5, 5.41) is 2.83. The van der Waals surface area contributed by atoms with Crippen molar-refractivity contribution >= 4 is 6.03 Å². The second-order valence-electron chi connectivity index (χ2n) is 3.29. The van der Waals surface area contributed by atoms with Crippen LogP contribution >= 0.6 is 0 Å². The number of nitrogens with zero attached hydrogens (tertiary/aromatic N) is 1. The number of rotatable bonds is 3. The molecule has 2 atom stereocenters. The van der Waals surface area contributed by atoms with Gasteiger partial charge in [-0.3, -0.25) is 0 Å². The summed E-state index contributed by atoms with van der Waals surface area (Å²) in [6.45, 7) is 5.41. The molecule has 4 nitrogen and oxygen atoms in total. The highest BCUT2D eigenvalue weighted by molar-refractivity contribution is 5.77. The van der Waals surface area contributed by atoms with E-state index in [0.29, 0.717) is 12.6 Å². The number of carbonyl (C=O) groups excluding carboxylic acids is 1. The third-order valence-electron chi connectivity index (χ3n) is 2.41. The zero-order valence-corrected chi connectivity index (χ0v) is 7.71. The van der Waals surface area contributed by atoms with Gasteiger partial charge in [0.1, 0.15) is 0 Å². The van der Waals surface area contributed by atoms with Crippen molar-refractivity contribution in [2.75, 3.05) is 13.1 Å². The van der Waals surface area contributed by atoms with Gasteiger partial charge in [0.25, 0.3) is 0 Å². The summed E-state index contributed by atoms with van der Waals surface area (Å²) < 4.78 is 0. The Bertz CT molecular complexity index is 172. The Morgan fingerprint density at radius 2 is 2.50 bits per heavy atom. The van der Waals surface area contributed by atoms with Crippen LogP contribution in [-0.2, 0) is 0 Å². The van der Waals surface area contributed by atoms with Crippen LogP contribution in [0.3, 0.4) is 0 Å². The first-order valence-corrected chi connectivity index (χ1v) is 4.46. The molecule has 0 bridgehead atoms. The fraction of sp³-hybridized carbons (Fsp3) is 0.875. The van der Waals surface area contributed by atoms with Gasteiger partial charge in [-0.1, -0.05) is 6.92 Å². The van der Waals surface area contributed by atoms with Gasteiger partial charge in [0, 0.05) is 19.1 Å². The predicted octanol–water partition coefficient (Wildman–Crippen LogP) is 0.137. The van der Waals surface area contributed by atoms with Crippen molar-refractivity contribution in [1.82, 2.24) is 10.2 Å². The molecule has 0 spiro atoms. The molecule has 0 aromatic heterocycles. The van der Waals surface area contributed by atoms with Crippen LogP contribution in [-0.4, -0.2) is 36.1 Å². The smallest absolute Gasteiger partial charge is 0.318 e. The molecule has 4 heteroatoms. The molecular formula is C8H17N3O. The number of urea groups is 1. The number of nitrogens with two attached hydrogens (primary N) is 1. The number of amides is 2. The number of nitrogens with one attached hydrogen (secondary N) is 1. The number of hydrogen-bond acceptors (Lipinski definition) is 2. The maximum absolute atomic E-state index is 11.3. The lowest BCUT2D eigenvalue weighted by molar-refractivity contribution is 0.200. The van der Waals surface area contributed by atoms with Crippen LogP contribution in [0.5, 0.6) is 0 Å². The quantitative estimate of drug-likeness (QED) is 0.634. The molecule has 0 aromatic carbocycles. The SMILES string of the molecule is CCC(C)N1CC(CN)NC1=O. The average molecular weight is 171 g/mol. The lowest BCUT2D eigenvalue weighted by Gasteiger charge is -2.21. The largest absolute Gasteiger partial charge is 0.332 e. The lowest BCUT2D eigenvalue weighted by Crippen LogP contribution is -2.35. The minimum Gasteiger partial charge on any atom is -0.332 e. The molecule has 12 heavy (non-hydrogen) atoms. The van der Waals surface area contributed by atoms with Crippen molar-refractivity contribution in [3.05, 3.63) is 0 Å². The van der Waals surface area contributed by atoms with E-state index < -0.39 is 0 Å². The van der Waals surface area contributed by atoms with Crippen LogP contribution in [0.1, 0.15) is 20.3 Å². The van der Waals surface area contributed by atoms with Gasteiger partial charge in [0.2, 0.25) is 0 Å². The summed E-state index contributed by atoms with van der Waals surface area (Å²) in [6, 6.07) is 0.493. The van der Waals surface area contributed by atoms with Gasteiger partial charge in [-0.25, -0.2) is 4.79 Å². The third-order valence-corrected chi connectivity index (χ3v) is 2.41. The summed E-state index contributed by atoms with van der Waals surface area (Å²) >= 11 is 0. The Hall–Kier alpha value is -0.770. The molecule has 3 N–H and O–H groups in total. The molecule has 1 heterocycles. The summed E-state index contributed by atoms with van der Waals surface area (Å²) in [6.07, 6.45) is 0.991. The molecule has 70 valence electrons.